The molecule has 0 amide bonds. The van der Waals surface area contributed by atoms with E-state index in [1.807, 2.05) is 36.4 Å². The summed E-state index contributed by atoms with van der Waals surface area (Å²) in [6.45, 7) is 36.9. The number of rotatable bonds is 12. The third kappa shape index (κ3) is 16.5. The summed E-state index contributed by atoms with van der Waals surface area (Å²) in [7, 11) is 0. The van der Waals surface area contributed by atoms with Gasteiger partial charge in [0.1, 0.15) is 18.2 Å². The van der Waals surface area contributed by atoms with Crippen molar-refractivity contribution in [3.8, 4) is 18.2 Å². The van der Waals surface area contributed by atoms with Crippen molar-refractivity contribution < 1.29 is 28.4 Å². The molecule has 0 saturated carbocycles. The molecule has 576 valence electrons. The molecule has 15 heterocycles. The number of hydrogen-bond acceptors (Lipinski definition) is 24. The van der Waals surface area contributed by atoms with Crippen LogP contribution in [0, 0.1) is 75.5 Å². The van der Waals surface area contributed by atoms with Gasteiger partial charge in [-0.25, -0.2) is 0 Å². The molecular weight excluding hydrogens is 1390 g/mol. The second kappa shape index (κ2) is 32.9. The SMILES string of the molecule is Cc1cc(N2CCOC3CN(C[C@H]4CN(c5ccc(C#N)c6ncccc56)C[C@@H](C)O4)CC32)cc(C)n1.Cc1cc(N2CCOC3CN(C[C@H]4CN(c5ccc(C#N)c6ncccc56)C[C@@H](C)O4)C[C@H]32)cc(C)n1.Cc1cc(N2CCOC3CN(C[C@H]4CN(c5ccc(C#N)c6ncccc56)C[C@@H](C)O4)C[C@H]32)cc(C)n1. The second-order valence-corrected chi connectivity index (χ2v) is 31.8. The van der Waals surface area contributed by atoms with Crippen LogP contribution in [0.2, 0.25) is 0 Å². The summed E-state index contributed by atoms with van der Waals surface area (Å²) in [4.78, 5) is 49.5. The lowest BCUT2D eigenvalue weighted by Gasteiger charge is -2.40. The van der Waals surface area contributed by atoms with Crippen LogP contribution < -0.4 is 29.4 Å². The van der Waals surface area contributed by atoms with Gasteiger partial charge in [-0.1, -0.05) is 0 Å². The molecule has 18 rings (SSSR count). The monoisotopic (exact) mass is 1490 g/mol. The van der Waals surface area contributed by atoms with E-state index in [0.717, 1.165) is 222 Å². The fraction of sp³-hybridized carbons (Fsp3) is 0.483. The Morgan fingerprint density at radius 1 is 0.360 bits per heavy atom. The standard InChI is InChI=1S/3C29H34N6O2/c3*1-19-11-23(12-20(2)32-19)35-9-10-36-28-18-33(17-27(28)35)15-24-16-34(14-21(3)37-24)26-7-6-22(13-30)29-25(26)5-4-8-31-29/h3*4-8,11-12,21,24,27-28H,9-10,14-18H2,1-3H3/t21-,24+,27?,28?;2*21-,24+,27-,28?/m111/s1. The van der Waals surface area contributed by atoms with Gasteiger partial charge in [0.15, 0.2) is 0 Å². The van der Waals surface area contributed by atoms with E-state index in [1.165, 1.54) is 17.1 Å². The summed E-state index contributed by atoms with van der Waals surface area (Å²) < 4.78 is 38.0. The molecule has 0 bridgehead atoms. The van der Waals surface area contributed by atoms with E-state index in [2.05, 4.69) is 227 Å². The molecule has 9 aliphatic rings. The first-order valence-corrected chi connectivity index (χ1v) is 39.7. The van der Waals surface area contributed by atoms with E-state index in [1.54, 1.807) is 18.6 Å². The van der Waals surface area contributed by atoms with Crippen molar-refractivity contribution in [1.82, 2.24) is 44.6 Å². The van der Waals surface area contributed by atoms with E-state index >= 15 is 0 Å². The number of fused-ring (bicyclic) bond motifs is 6. The number of anilines is 6. The lowest BCUT2D eigenvalue weighted by Crippen LogP contribution is -2.51. The summed E-state index contributed by atoms with van der Waals surface area (Å²) in [5.74, 6) is 0. The van der Waals surface area contributed by atoms with Crippen LogP contribution in [0.1, 0.15) is 71.6 Å². The topological polar surface area (TPSA) is 233 Å². The molecule has 9 fully saturated rings. The van der Waals surface area contributed by atoms with Crippen molar-refractivity contribution in [2.45, 2.75) is 135 Å². The van der Waals surface area contributed by atoms with Gasteiger partial charge in [0, 0.05) is 221 Å². The summed E-state index contributed by atoms with van der Waals surface area (Å²) in [6.07, 6.45) is 6.47. The molecule has 0 spiro atoms. The van der Waals surface area contributed by atoms with Crippen molar-refractivity contribution in [3.05, 3.63) is 179 Å². The number of ether oxygens (including phenoxy) is 6. The number of pyridine rings is 6. The number of likely N-dealkylation sites (tertiary alicyclic amines) is 3. The maximum Gasteiger partial charge on any atom is 0.101 e. The van der Waals surface area contributed by atoms with Crippen molar-refractivity contribution in [2.24, 2.45) is 0 Å². The summed E-state index contributed by atoms with van der Waals surface area (Å²) >= 11 is 0. The fourth-order valence-corrected chi connectivity index (χ4v) is 19.1. The van der Waals surface area contributed by atoms with E-state index in [9.17, 15) is 15.8 Å². The van der Waals surface area contributed by atoms with Gasteiger partial charge in [0.25, 0.3) is 0 Å². The Morgan fingerprint density at radius 3 is 0.910 bits per heavy atom. The lowest BCUT2D eigenvalue weighted by atomic mass is 10.1. The van der Waals surface area contributed by atoms with Crippen LogP contribution in [0.25, 0.3) is 32.7 Å². The number of nitrogens with zero attached hydrogens (tertiary/aromatic N) is 18. The van der Waals surface area contributed by atoms with Crippen LogP contribution in [0.4, 0.5) is 34.1 Å². The maximum atomic E-state index is 9.54. The first-order chi connectivity index (χ1) is 53.9. The molecule has 9 aromatic rings. The zero-order valence-corrected chi connectivity index (χ0v) is 65.4. The number of aryl methyl sites for hydroxylation is 6. The molecule has 0 radical (unpaired) electrons. The van der Waals surface area contributed by atoms with Crippen molar-refractivity contribution in [3.63, 3.8) is 0 Å². The Kier molecular flexibility index (Phi) is 22.3. The quantitative estimate of drug-likeness (QED) is 0.111. The molecular formula is C87H102N18O6. The minimum absolute atomic E-state index is 0.0881. The highest BCUT2D eigenvalue weighted by Crippen LogP contribution is 2.38. The first kappa shape index (κ1) is 75.3. The van der Waals surface area contributed by atoms with Crippen LogP contribution in [0.5, 0.6) is 0 Å². The fourth-order valence-electron chi connectivity index (χ4n) is 19.1. The number of aromatic nitrogens is 6. The van der Waals surface area contributed by atoms with Crippen LogP contribution in [0.15, 0.2) is 128 Å². The molecule has 24 heteroatoms. The second-order valence-electron chi connectivity index (χ2n) is 31.8. The molecule has 111 heavy (non-hydrogen) atoms. The third-order valence-electron chi connectivity index (χ3n) is 23.3. The summed E-state index contributed by atoms with van der Waals surface area (Å²) in [6, 6.07) is 44.9. The normalized spacial score (nSPS) is 26.3. The molecule has 24 nitrogen and oxygen atoms in total. The first-order valence-electron chi connectivity index (χ1n) is 39.7. The van der Waals surface area contributed by atoms with E-state index in [4.69, 9.17) is 28.4 Å². The smallest absolute Gasteiger partial charge is 0.101 e. The minimum atomic E-state index is 0.0881. The third-order valence-corrected chi connectivity index (χ3v) is 23.3. The van der Waals surface area contributed by atoms with Gasteiger partial charge in [-0.3, -0.25) is 44.6 Å². The molecule has 12 atom stereocenters. The lowest BCUT2D eigenvalue weighted by molar-refractivity contribution is -0.0320. The Balaban J connectivity index is 0.000000126. The van der Waals surface area contributed by atoms with Gasteiger partial charge in [0.05, 0.1) is 126 Å². The largest absolute Gasteiger partial charge is 0.373 e. The van der Waals surface area contributed by atoms with E-state index < -0.39 is 0 Å². The van der Waals surface area contributed by atoms with Crippen LogP contribution >= 0.6 is 0 Å². The number of benzene rings is 3. The van der Waals surface area contributed by atoms with Crippen molar-refractivity contribution in [2.75, 3.05) is 167 Å². The average molecular weight is 1500 g/mol. The zero-order valence-electron chi connectivity index (χ0n) is 65.4. The predicted molar refractivity (Wildman–Crippen MR) is 432 cm³/mol. The molecule has 4 unspecified atom stereocenters. The van der Waals surface area contributed by atoms with E-state index in [-0.39, 0.29) is 54.9 Å². The van der Waals surface area contributed by atoms with Crippen molar-refractivity contribution >= 4 is 66.8 Å². The number of hydrogen-bond donors (Lipinski definition) is 0. The maximum absolute atomic E-state index is 9.54. The Morgan fingerprint density at radius 2 is 0.640 bits per heavy atom. The number of nitriles is 3. The van der Waals surface area contributed by atoms with Gasteiger partial charge in [0.2, 0.25) is 0 Å². The highest BCUT2D eigenvalue weighted by atomic mass is 16.5. The predicted octanol–water partition coefficient (Wildman–Crippen LogP) is 9.90. The Labute approximate surface area is 651 Å². The van der Waals surface area contributed by atoms with E-state index in [0.29, 0.717) is 34.8 Å². The van der Waals surface area contributed by atoms with Gasteiger partial charge in [-0.15, -0.1) is 0 Å². The summed E-state index contributed by atoms with van der Waals surface area (Å²) in [5, 5.41) is 31.7. The Bertz CT molecular complexity index is 4450. The van der Waals surface area contributed by atoms with Gasteiger partial charge in [-0.05, 0) is 172 Å². The molecule has 0 aliphatic carbocycles. The molecule has 0 N–H and O–H groups in total. The molecule has 3 aromatic carbocycles. The molecule has 9 aliphatic heterocycles. The minimum Gasteiger partial charge on any atom is -0.373 e. The average Bonchev–Trinajstić information content (AvgIpc) is 1.50. The zero-order chi connectivity index (χ0) is 76.6. The van der Waals surface area contributed by atoms with Crippen LogP contribution in [0.3, 0.4) is 0 Å². The van der Waals surface area contributed by atoms with Gasteiger partial charge < -0.3 is 57.8 Å². The van der Waals surface area contributed by atoms with Crippen LogP contribution in [-0.4, -0.2) is 255 Å². The van der Waals surface area contributed by atoms with Crippen LogP contribution in [-0.2, 0) is 28.4 Å². The molecule has 9 saturated heterocycles. The highest BCUT2D eigenvalue weighted by molar-refractivity contribution is 5.97. The van der Waals surface area contributed by atoms with Gasteiger partial charge in [-0.2, -0.15) is 15.8 Å². The molecule has 6 aromatic heterocycles. The van der Waals surface area contributed by atoms with Crippen molar-refractivity contribution in [1.29, 1.82) is 15.8 Å². The summed E-state index contributed by atoms with van der Waals surface area (Å²) in [5.41, 5.74) is 17.6. The number of morpholine rings is 6. The Hall–Kier alpha value is -9.75. The van der Waals surface area contributed by atoms with Gasteiger partial charge >= 0.3 is 0 Å². The highest BCUT2D eigenvalue weighted by Gasteiger charge is 2.46.